The second-order valence-electron chi connectivity index (χ2n) is 12.8. The number of hydrogen-bond acceptors (Lipinski definition) is 11. The van der Waals surface area contributed by atoms with Gasteiger partial charge in [-0.05, 0) is 51.2 Å². The molecule has 1 aliphatic carbocycles. The van der Waals surface area contributed by atoms with Gasteiger partial charge in [0.1, 0.15) is 18.5 Å². The number of benzene rings is 2. The Hall–Kier alpha value is -4.14. The lowest BCUT2D eigenvalue weighted by Gasteiger charge is -2.27. The number of likely N-dealkylation sites (N-methyl/N-ethyl adjacent to an activating group) is 1. The fraction of sp³-hybridized carbons (Fsp3) is 0.471. The summed E-state index contributed by atoms with van der Waals surface area (Å²) in [5.41, 5.74) is 3.21. The molecular formula is C34H41N7O6. The molecule has 248 valence electrons. The highest BCUT2D eigenvalue weighted by Crippen LogP contribution is 2.38. The molecule has 0 radical (unpaired) electrons. The number of hydrogen-bond donors (Lipinski definition) is 4. The normalized spacial score (nSPS) is 26.5. The van der Waals surface area contributed by atoms with Gasteiger partial charge in [0, 0.05) is 25.0 Å². The van der Waals surface area contributed by atoms with Crippen LogP contribution in [0.3, 0.4) is 0 Å². The van der Waals surface area contributed by atoms with Gasteiger partial charge in [0.2, 0.25) is 5.95 Å². The molecule has 1 amide bonds. The van der Waals surface area contributed by atoms with Crippen molar-refractivity contribution in [1.29, 1.82) is 0 Å². The van der Waals surface area contributed by atoms with Crippen LogP contribution in [0.4, 0.5) is 11.8 Å². The molecular weight excluding hydrogens is 602 g/mol. The number of carbonyl (C=O) groups is 1. The molecule has 4 N–H and O–H groups in total. The maximum Gasteiger partial charge on any atom is 0.273 e. The van der Waals surface area contributed by atoms with Crippen molar-refractivity contribution in [1.82, 2.24) is 19.6 Å². The van der Waals surface area contributed by atoms with Crippen LogP contribution in [0.25, 0.3) is 11.2 Å². The van der Waals surface area contributed by atoms with Crippen LogP contribution in [0.1, 0.15) is 57.1 Å². The quantitative estimate of drug-likeness (QED) is 0.201. The van der Waals surface area contributed by atoms with Crippen LogP contribution in [-0.2, 0) is 19.0 Å². The molecule has 6 atom stereocenters. The van der Waals surface area contributed by atoms with Crippen LogP contribution >= 0.6 is 0 Å². The molecule has 13 heteroatoms. The van der Waals surface area contributed by atoms with Crippen molar-refractivity contribution >= 4 is 28.8 Å². The second-order valence-corrected chi connectivity index (χ2v) is 12.8. The van der Waals surface area contributed by atoms with Gasteiger partial charge in [-0.1, -0.05) is 60.7 Å². The minimum absolute atomic E-state index is 0.00477. The Labute approximate surface area is 272 Å². The first-order valence-corrected chi connectivity index (χ1v) is 16.2. The minimum atomic E-state index is -1.30. The van der Waals surface area contributed by atoms with E-state index in [1.54, 1.807) is 24.9 Å². The summed E-state index contributed by atoms with van der Waals surface area (Å²) in [7, 11) is 0. The zero-order valence-corrected chi connectivity index (χ0v) is 26.7. The summed E-state index contributed by atoms with van der Waals surface area (Å²) in [5, 5.41) is 29.1. The summed E-state index contributed by atoms with van der Waals surface area (Å²) in [5.74, 6) is -0.485. The Morgan fingerprint density at radius 2 is 1.70 bits per heavy atom. The number of ether oxygens (including phenoxy) is 3. The molecule has 47 heavy (non-hydrogen) atoms. The molecule has 0 spiro atoms. The number of nitrogens with one attached hydrogen (secondary N) is 2. The van der Waals surface area contributed by atoms with Gasteiger partial charge in [-0.25, -0.2) is 14.7 Å². The van der Waals surface area contributed by atoms with E-state index < -0.39 is 36.3 Å². The lowest BCUT2D eigenvalue weighted by atomic mass is 9.91. The van der Waals surface area contributed by atoms with Gasteiger partial charge in [-0.15, -0.1) is 0 Å². The molecule has 13 nitrogen and oxygen atoms in total. The number of amides is 1. The molecule has 2 aliphatic heterocycles. The van der Waals surface area contributed by atoms with E-state index in [0.717, 1.165) is 17.5 Å². The van der Waals surface area contributed by atoms with Gasteiger partial charge in [-0.2, -0.15) is 9.97 Å². The van der Waals surface area contributed by atoms with Crippen molar-refractivity contribution in [2.24, 2.45) is 0 Å². The molecule has 0 bridgehead atoms. The van der Waals surface area contributed by atoms with E-state index in [0.29, 0.717) is 42.3 Å². The zero-order valence-electron chi connectivity index (χ0n) is 26.7. The van der Waals surface area contributed by atoms with Crippen molar-refractivity contribution in [2.75, 3.05) is 28.7 Å². The van der Waals surface area contributed by atoms with E-state index in [2.05, 4.69) is 39.9 Å². The van der Waals surface area contributed by atoms with Crippen molar-refractivity contribution in [3.8, 4) is 0 Å². The van der Waals surface area contributed by atoms with Crippen molar-refractivity contribution in [3.63, 3.8) is 0 Å². The number of aliphatic hydroxyl groups is 2. The number of rotatable bonds is 10. The molecule has 4 heterocycles. The number of nitrogens with zero attached hydrogens (tertiary/aromatic N) is 5. The van der Waals surface area contributed by atoms with Crippen LogP contribution in [0.15, 0.2) is 67.0 Å². The third-order valence-electron chi connectivity index (χ3n) is 9.08. The van der Waals surface area contributed by atoms with Crippen LogP contribution in [-0.4, -0.2) is 91.4 Å². The highest BCUT2D eigenvalue weighted by molar-refractivity contribution is 5.93. The van der Waals surface area contributed by atoms with Gasteiger partial charge in [-0.3, -0.25) is 4.79 Å². The van der Waals surface area contributed by atoms with Gasteiger partial charge < -0.3 is 35.1 Å². The summed E-state index contributed by atoms with van der Waals surface area (Å²) < 4.78 is 19.1. The predicted octanol–water partition coefficient (Wildman–Crippen LogP) is 3.12. The highest BCUT2D eigenvalue weighted by atomic mass is 16.8. The van der Waals surface area contributed by atoms with Gasteiger partial charge in [0.25, 0.3) is 5.91 Å². The fourth-order valence-electron chi connectivity index (χ4n) is 6.86. The zero-order chi connectivity index (χ0) is 32.7. The van der Waals surface area contributed by atoms with Crippen molar-refractivity contribution < 1.29 is 29.2 Å². The van der Waals surface area contributed by atoms with Crippen LogP contribution in [0.5, 0.6) is 0 Å². The summed E-state index contributed by atoms with van der Waals surface area (Å²) in [4.78, 5) is 28.4. The first-order valence-electron chi connectivity index (χ1n) is 16.2. The first kappa shape index (κ1) is 31.5. The van der Waals surface area contributed by atoms with Crippen LogP contribution in [0, 0.1) is 0 Å². The van der Waals surface area contributed by atoms with Gasteiger partial charge in [0.15, 0.2) is 35.2 Å². The SMILES string of the molecule is CCN(C(=O)[C@H]1O[C@@H](O)[C@@H]2OC(C)(C)O[C@@H]21)n1cnc2c(NCC(c3ccccc3)c3ccccc3)nc(NC3CCC(O)C3)nc21. The summed E-state index contributed by atoms with van der Waals surface area (Å²) in [6.07, 6.45) is -0.698. The molecule has 1 saturated carbocycles. The summed E-state index contributed by atoms with van der Waals surface area (Å²) >= 11 is 0. The second kappa shape index (κ2) is 12.8. The largest absolute Gasteiger partial charge is 0.393 e. The van der Waals surface area contributed by atoms with E-state index in [1.165, 1.54) is 5.01 Å². The fourth-order valence-corrected chi connectivity index (χ4v) is 6.86. The summed E-state index contributed by atoms with van der Waals surface area (Å²) in [6.45, 7) is 6.10. The van der Waals surface area contributed by atoms with Crippen molar-refractivity contribution in [2.45, 2.75) is 88.5 Å². The number of carbonyl (C=O) groups excluding carboxylic acids is 1. The molecule has 2 saturated heterocycles. The van der Waals surface area contributed by atoms with E-state index in [4.69, 9.17) is 24.2 Å². The van der Waals surface area contributed by atoms with Gasteiger partial charge in [0.05, 0.1) is 6.10 Å². The average Bonchev–Trinajstić information content (AvgIpc) is 3.82. The van der Waals surface area contributed by atoms with Crippen LogP contribution in [0.2, 0.25) is 0 Å². The Bertz CT molecular complexity index is 1660. The number of imidazole rings is 1. The molecule has 3 aliphatic rings. The standard InChI is InChI=1S/C34H41N7O6/c1-4-40(31(43)27-26-28(32(44)45-27)47-34(2,3)46-26)41-19-36-25-29(38-33(39-30(25)41)37-22-15-16-23(42)17-22)35-18-24(20-11-7-5-8-12-20)21-13-9-6-10-14-21/h5-14,19,22-24,26-28,32,42,44H,4,15-18H2,1-3H3,(H2,35,37,38,39)/t22?,23?,26-,27+,28-,32-/m1/s1. The number of aromatic nitrogens is 4. The topological polar surface area (TPSA) is 156 Å². The number of anilines is 2. The highest BCUT2D eigenvalue weighted by Gasteiger charge is 2.58. The Morgan fingerprint density at radius 3 is 2.34 bits per heavy atom. The molecule has 2 aromatic heterocycles. The Balaban J connectivity index is 1.23. The molecule has 7 rings (SSSR count). The molecule has 2 aromatic carbocycles. The first-order chi connectivity index (χ1) is 22.7. The van der Waals surface area contributed by atoms with E-state index in [9.17, 15) is 15.0 Å². The number of fused-ring (bicyclic) bond motifs is 2. The smallest absolute Gasteiger partial charge is 0.273 e. The van der Waals surface area contributed by atoms with Crippen molar-refractivity contribution in [3.05, 3.63) is 78.1 Å². The van der Waals surface area contributed by atoms with Crippen LogP contribution < -0.4 is 15.6 Å². The molecule has 3 fully saturated rings. The lowest BCUT2D eigenvalue weighted by Crippen LogP contribution is -2.50. The van der Waals surface area contributed by atoms with Gasteiger partial charge >= 0.3 is 0 Å². The number of aliphatic hydroxyl groups excluding tert-OH is 2. The Kier molecular flexibility index (Phi) is 8.57. The molecule has 4 aromatic rings. The van der Waals surface area contributed by atoms with E-state index in [-0.39, 0.29) is 24.6 Å². The summed E-state index contributed by atoms with van der Waals surface area (Å²) in [6, 6.07) is 20.6. The molecule has 2 unspecified atom stereocenters. The monoisotopic (exact) mass is 643 g/mol. The maximum atomic E-state index is 14.0. The maximum absolute atomic E-state index is 14.0. The van der Waals surface area contributed by atoms with E-state index in [1.807, 2.05) is 43.3 Å². The lowest BCUT2D eigenvalue weighted by molar-refractivity contribution is -0.219. The third-order valence-corrected chi connectivity index (χ3v) is 9.08. The minimum Gasteiger partial charge on any atom is -0.393 e. The van der Waals surface area contributed by atoms with E-state index >= 15 is 0 Å². The predicted molar refractivity (Wildman–Crippen MR) is 174 cm³/mol. The average molecular weight is 644 g/mol. The third kappa shape index (κ3) is 6.29. The Morgan fingerprint density at radius 1 is 1.02 bits per heavy atom.